The first kappa shape index (κ1) is 49.6. The highest BCUT2D eigenvalue weighted by Gasteiger charge is 2.16. The van der Waals surface area contributed by atoms with Crippen molar-refractivity contribution in [2.24, 2.45) is 0 Å². The second-order valence-corrected chi connectivity index (χ2v) is 15.3. The molecule has 1 unspecified atom stereocenters. The maximum Gasteiger partial charge on any atom is 0.407 e. The van der Waals surface area contributed by atoms with E-state index in [1.54, 1.807) is 0 Å². The molecule has 0 saturated heterocycles. The summed E-state index contributed by atoms with van der Waals surface area (Å²) in [6.07, 6.45) is 45.6. The number of allylic oxidation sites excluding steroid dienone is 4. The number of alkyl carbamates (subject to hydrolysis) is 1. The van der Waals surface area contributed by atoms with Gasteiger partial charge < -0.3 is 24.4 Å². The zero-order valence-electron chi connectivity index (χ0n) is 34.9. The summed E-state index contributed by atoms with van der Waals surface area (Å²) < 4.78 is 17.5. The minimum absolute atomic E-state index is 0.166. The third-order valence-electron chi connectivity index (χ3n) is 9.90. The van der Waals surface area contributed by atoms with Crippen LogP contribution in [0.4, 0.5) is 4.79 Å². The molecule has 6 heteroatoms. The Labute approximate surface area is 318 Å². The van der Waals surface area contributed by atoms with Crippen LogP contribution in [-0.4, -0.2) is 70.2 Å². The number of hydrogen-bond acceptors (Lipinski definition) is 5. The normalized spacial score (nSPS) is 12.6. The molecule has 51 heavy (non-hydrogen) atoms. The van der Waals surface area contributed by atoms with E-state index in [0.29, 0.717) is 19.8 Å². The molecule has 0 radical (unpaired) electrons. The van der Waals surface area contributed by atoms with Gasteiger partial charge in [-0.25, -0.2) is 4.79 Å². The minimum Gasteiger partial charge on any atom is -0.448 e. The maximum atomic E-state index is 12.5. The van der Waals surface area contributed by atoms with Crippen molar-refractivity contribution in [3.05, 3.63) is 24.3 Å². The summed E-state index contributed by atoms with van der Waals surface area (Å²) in [4.78, 5) is 14.5. The number of amides is 1. The lowest BCUT2D eigenvalue weighted by atomic mass is 10.1. The summed E-state index contributed by atoms with van der Waals surface area (Å²) in [5.41, 5.74) is 0. The quantitative estimate of drug-likeness (QED) is 0.0504. The van der Waals surface area contributed by atoms with Gasteiger partial charge in [-0.2, -0.15) is 0 Å². The van der Waals surface area contributed by atoms with Crippen LogP contribution in [0.25, 0.3) is 0 Å². The molecule has 0 aromatic carbocycles. The highest BCUT2D eigenvalue weighted by molar-refractivity contribution is 5.67. The van der Waals surface area contributed by atoms with Crippen LogP contribution in [-0.2, 0) is 14.2 Å². The Kier molecular flexibility index (Phi) is 40.3. The lowest BCUT2D eigenvalue weighted by molar-refractivity contribution is 0.0469. The van der Waals surface area contributed by atoms with Gasteiger partial charge >= 0.3 is 6.09 Å². The molecule has 0 aromatic rings. The van der Waals surface area contributed by atoms with Crippen LogP contribution in [0.15, 0.2) is 24.3 Å². The van der Waals surface area contributed by atoms with Crippen molar-refractivity contribution in [2.75, 3.05) is 47.1 Å². The Hall–Kier alpha value is -1.37. The van der Waals surface area contributed by atoms with Crippen molar-refractivity contribution in [3.63, 3.8) is 0 Å². The fourth-order valence-electron chi connectivity index (χ4n) is 6.04. The average Bonchev–Trinajstić information content (AvgIpc) is 3.12. The third kappa shape index (κ3) is 39.7. The molecule has 0 aliphatic heterocycles. The van der Waals surface area contributed by atoms with E-state index >= 15 is 0 Å². The molecule has 1 atom stereocenters. The van der Waals surface area contributed by atoms with E-state index in [9.17, 15) is 4.79 Å². The monoisotopic (exact) mass is 721 g/mol. The van der Waals surface area contributed by atoms with Crippen LogP contribution in [0.2, 0.25) is 0 Å². The highest BCUT2D eigenvalue weighted by atomic mass is 16.6. The van der Waals surface area contributed by atoms with Gasteiger partial charge in [-0.15, -0.1) is 0 Å². The molecule has 0 rings (SSSR count). The van der Waals surface area contributed by atoms with Crippen LogP contribution in [0.1, 0.15) is 201 Å². The number of rotatable bonds is 40. The lowest BCUT2D eigenvalue weighted by Crippen LogP contribution is -2.43. The summed E-state index contributed by atoms with van der Waals surface area (Å²) in [5, 5.41) is 2.98. The predicted octanol–water partition coefficient (Wildman–Crippen LogP) is 13.1. The molecule has 0 aliphatic carbocycles. The van der Waals surface area contributed by atoms with E-state index in [-0.39, 0.29) is 12.1 Å². The van der Waals surface area contributed by atoms with Crippen molar-refractivity contribution in [3.8, 4) is 0 Å². The summed E-state index contributed by atoms with van der Waals surface area (Å²) in [6, 6.07) is -0.0326. The van der Waals surface area contributed by atoms with Crippen molar-refractivity contribution in [1.29, 1.82) is 0 Å². The average molecular weight is 721 g/mol. The molecule has 1 N–H and O–H groups in total. The molecule has 0 aliphatic rings. The summed E-state index contributed by atoms with van der Waals surface area (Å²) in [7, 11) is 3.98. The van der Waals surface area contributed by atoms with Gasteiger partial charge in [-0.3, -0.25) is 0 Å². The number of hydrogen-bond donors (Lipinski definition) is 1. The molecule has 1 amide bonds. The molecule has 0 bridgehead atoms. The van der Waals surface area contributed by atoms with Crippen LogP contribution in [0, 0.1) is 0 Å². The van der Waals surface area contributed by atoms with Gasteiger partial charge in [0.1, 0.15) is 6.61 Å². The number of unbranched alkanes of at least 4 members (excludes halogenated alkanes) is 24. The first-order valence-electron chi connectivity index (χ1n) is 22.1. The topological polar surface area (TPSA) is 60.0 Å². The molecular formula is C45H88N2O4. The first-order valence-corrected chi connectivity index (χ1v) is 22.1. The number of ether oxygens (including phenoxy) is 3. The first-order chi connectivity index (χ1) is 25.0. The van der Waals surface area contributed by atoms with E-state index in [0.717, 1.165) is 26.1 Å². The zero-order valence-corrected chi connectivity index (χ0v) is 34.9. The second-order valence-electron chi connectivity index (χ2n) is 15.3. The maximum absolute atomic E-state index is 12.5. The summed E-state index contributed by atoms with van der Waals surface area (Å²) >= 11 is 0. The number of likely N-dealkylation sites (N-methyl/N-ethyl adjacent to an activating group) is 1. The molecule has 0 spiro atoms. The van der Waals surface area contributed by atoms with Gasteiger partial charge in [0.05, 0.1) is 19.3 Å². The molecule has 0 aromatic heterocycles. The second kappa shape index (κ2) is 41.4. The molecule has 302 valence electrons. The molecule has 0 heterocycles. The predicted molar refractivity (Wildman–Crippen MR) is 222 cm³/mol. The Morgan fingerprint density at radius 2 is 0.843 bits per heavy atom. The smallest absolute Gasteiger partial charge is 0.407 e. The van der Waals surface area contributed by atoms with E-state index in [2.05, 4.69) is 43.5 Å². The summed E-state index contributed by atoms with van der Waals surface area (Å²) in [6.45, 7) is 9.32. The lowest BCUT2D eigenvalue weighted by Gasteiger charge is -2.22. The van der Waals surface area contributed by atoms with Crippen molar-refractivity contribution >= 4 is 6.09 Å². The van der Waals surface area contributed by atoms with Crippen molar-refractivity contribution in [1.82, 2.24) is 10.2 Å². The van der Waals surface area contributed by atoms with Gasteiger partial charge in [0.15, 0.2) is 0 Å². The van der Waals surface area contributed by atoms with Gasteiger partial charge in [0.2, 0.25) is 0 Å². The molecular weight excluding hydrogens is 633 g/mol. The van der Waals surface area contributed by atoms with E-state index in [4.69, 9.17) is 14.2 Å². The third-order valence-corrected chi connectivity index (χ3v) is 9.90. The van der Waals surface area contributed by atoms with Crippen molar-refractivity contribution < 1.29 is 19.0 Å². The van der Waals surface area contributed by atoms with Crippen LogP contribution in [0.5, 0.6) is 0 Å². The standard InChI is InChI=1S/C45H88N2O4/c1-6-8-10-12-14-16-18-20-22-24-26-28-30-32-34-36-38-49-41-44(46-45(48)51-40-43(3)47(4)5)42-50-39-37-35-33-31-29-27-25-23-21-19-17-15-13-11-9-7-2/h20-23,43-44H,6-19,24-42H2,1-5H3,(H,46,48)/b22-20-,23-21-. The molecule has 6 nitrogen and oxygen atoms in total. The van der Waals surface area contributed by atoms with E-state index in [1.165, 1.54) is 167 Å². The molecule has 0 fully saturated rings. The van der Waals surface area contributed by atoms with Crippen molar-refractivity contribution in [2.45, 2.75) is 213 Å². The van der Waals surface area contributed by atoms with Gasteiger partial charge in [0.25, 0.3) is 0 Å². The van der Waals surface area contributed by atoms with Crippen LogP contribution < -0.4 is 5.32 Å². The fraction of sp³-hybridized carbons (Fsp3) is 0.889. The number of nitrogens with one attached hydrogen (secondary N) is 1. The zero-order chi connectivity index (χ0) is 37.3. The van der Waals surface area contributed by atoms with Crippen LogP contribution in [0.3, 0.4) is 0 Å². The fourth-order valence-corrected chi connectivity index (χ4v) is 6.04. The Balaban J connectivity index is 3.97. The number of carbonyl (C=O) groups is 1. The SMILES string of the molecule is CCCCCCCC/C=C\CCCCCCCCOCC(COCCCCCCCC/C=C\CCCCCCCC)NC(=O)OCC(C)N(C)C. The number of carbonyl (C=O) groups excluding carboxylic acids is 1. The van der Waals surface area contributed by atoms with Gasteiger partial charge in [-0.05, 0) is 85.2 Å². The minimum atomic E-state index is -0.393. The summed E-state index contributed by atoms with van der Waals surface area (Å²) in [5.74, 6) is 0. The highest BCUT2D eigenvalue weighted by Crippen LogP contribution is 2.12. The largest absolute Gasteiger partial charge is 0.448 e. The Morgan fingerprint density at radius 3 is 1.20 bits per heavy atom. The van der Waals surface area contributed by atoms with E-state index in [1.807, 2.05) is 25.9 Å². The Bertz CT molecular complexity index is 710. The van der Waals surface area contributed by atoms with Gasteiger partial charge in [-0.1, -0.05) is 154 Å². The van der Waals surface area contributed by atoms with Crippen LogP contribution >= 0.6 is 0 Å². The van der Waals surface area contributed by atoms with Gasteiger partial charge in [0, 0.05) is 19.3 Å². The molecule has 0 saturated carbocycles. The number of nitrogens with zero attached hydrogens (tertiary/aromatic N) is 1. The van der Waals surface area contributed by atoms with E-state index < -0.39 is 6.09 Å². The Morgan fingerprint density at radius 1 is 0.510 bits per heavy atom.